The van der Waals surface area contributed by atoms with Crippen molar-refractivity contribution in [1.82, 2.24) is 9.88 Å². The van der Waals surface area contributed by atoms with Crippen LogP contribution in [-0.2, 0) is 4.79 Å². The van der Waals surface area contributed by atoms with E-state index < -0.39 is 24.2 Å². The van der Waals surface area contributed by atoms with Crippen LogP contribution >= 0.6 is 0 Å². The number of aliphatic carboxylic acids is 1. The van der Waals surface area contributed by atoms with Crippen molar-refractivity contribution in [2.75, 3.05) is 6.54 Å². The number of carbonyl (C=O) groups is 2. The van der Waals surface area contributed by atoms with Gasteiger partial charge >= 0.3 is 12.1 Å². The van der Waals surface area contributed by atoms with Gasteiger partial charge in [0, 0.05) is 24.2 Å². The maximum atomic E-state index is 11.1. The van der Waals surface area contributed by atoms with Gasteiger partial charge in [0.1, 0.15) is 17.9 Å². The molecular weight excluding hydrogens is 288 g/mol. The second-order valence-electron chi connectivity index (χ2n) is 5.15. The third-order valence-electron chi connectivity index (χ3n) is 3.71. The Morgan fingerprint density at radius 3 is 2.73 bits per heavy atom. The Labute approximate surface area is 125 Å². The molecule has 0 unspecified atom stereocenters. The molecule has 2 heterocycles. The van der Waals surface area contributed by atoms with Gasteiger partial charge in [-0.1, -0.05) is 6.07 Å². The van der Waals surface area contributed by atoms with Crippen molar-refractivity contribution in [3.63, 3.8) is 0 Å². The summed E-state index contributed by atoms with van der Waals surface area (Å²) in [7, 11) is 0. The van der Waals surface area contributed by atoms with Crippen molar-refractivity contribution in [1.29, 1.82) is 0 Å². The molecule has 22 heavy (non-hydrogen) atoms. The second-order valence-corrected chi connectivity index (χ2v) is 5.15. The normalized spacial score (nSPS) is 21.0. The van der Waals surface area contributed by atoms with Crippen molar-refractivity contribution < 1.29 is 24.5 Å². The molecule has 7 heteroatoms. The summed E-state index contributed by atoms with van der Waals surface area (Å²) in [4.78, 5) is 27.1. The van der Waals surface area contributed by atoms with Gasteiger partial charge in [-0.25, -0.2) is 9.59 Å². The minimum absolute atomic E-state index is 0.0391. The number of amides is 1. The molecular formula is C15H14N2O5. The minimum atomic E-state index is -1.25. The number of carboxylic acids is 1. The lowest BCUT2D eigenvalue weighted by Crippen LogP contribution is -2.39. The highest BCUT2D eigenvalue weighted by Gasteiger charge is 2.40. The summed E-state index contributed by atoms with van der Waals surface area (Å²) in [5.74, 6) is -0.585. The Morgan fingerprint density at radius 1 is 1.23 bits per heavy atom. The van der Waals surface area contributed by atoms with E-state index in [2.05, 4.69) is 4.98 Å². The van der Waals surface area contributed by atoms with Gasteiger partial charge in [0.2, 0.25) is 0 Å². The van der Waals surface area contributed by atoms with Gasteiger partial charge in [-0.3, -0.25) is 9.88 Å². The summed E-state index contributed by atoms with van der Waals surface area (Å²) < 4.78 is 5.75. The Kier molecular flexibility index (Phi) is 3.54. The molecule has 2 N–H and O–H groups in total. The minimum Gasteiger partial charge on any atom is -0.488 e. The smallest absolute Gasteiger partial charge is 0.408 e. The van der Waals surface area contributed by atoms with Crippen molar-refractivity contribution >= 4 is 22.8 Å². The van der Waals surface area contributed by atoms with Crippen molar-refractivity contribution in [2.45, 2.75) is 18.6 Å². The molecule has 3 rings (SSSR count). The summed E-state index contributed by atoms with van der Waals surface area (Å²) in [6.45, 7) is 0.0391. The topological polar surface area (TPSA) is 100.0 Å². The van der Waals surface area contributed by atoms with E-state index in [0.29, 0.717) is 5.75 Å². The third-order valence-corrected chi connectivity index (χ3v) is 3.71. The fourth-order valence-electron chi connectivity index (χ4n) is 2.66. The van der Waals surface area contributed by atoms with Crippen LogP contribution in [0.5, 0.6) is 5.75 Å². The molecule has 1 aromatic carbocycles. The molecule has 1 aromatic heterocycles. The number of likely N-dealkylation sites (tertiary alicyclic amines) is 1. The number of ether oxygens (including phenoxy) is 1. The van der Waals surface area contributed by atoms with Crippen LogP contribution < -0.4 is 4.74 Å². The third kappa shape index (κ3) is 2.65. The summed E-state index contributed by atoms with van der Waals surface area (Å²) >= 11 is 0. The summed E-state index contributed by atoms with van der Waals surface area (Å²) in [6, 6.07) is 6.28. The van der Waals surface area contributed by atoms with E-state index in [-0.39, 0.29) is 13.0 Å². The predicted molar refractivity (Wildman–Crippen MR) is 76.9 cm³/mol. The number of hydrogen-bond acceptors (Lipinski definition) is 4. The molecule has 0 aliphatic carbocycles. The van der Waals surface area contributed by atoms with Gasteiger partial charge in [0.05, 0.1) is 6.54 Å². The number of pyridine rings is 1. The van der Waals surface area contributed by atoms with Crippen molar-refractivity contribution in [3.8, 4) is 5.75 Å². The fraction of sp³-hybridized carbons (Fsp3) is 0.267. The van der Waals surface area contributed by atoms with E-state index in [1.54, 1.807) is 18.5 Å². The highest BCUT2D eigenvalue weighted by molar-refractivity contribution is 5.83. The van der Waals surface area contributed by atoms with Gasteiger partial charge in [0.15, 0.2) is 0 Å². The van der Waals surface area contributed by atoms with Crippen LogP contribution in [0.25, 0.3) is 10.8 Å². The summed E-state index contributed by atoms with van der Waals surface area (Å²) in [6.07, 6.45) is 1.81. The molecule has 0 saturated carbocycles. The molecule has 1 amide bonds. The molecule has 1 fully saturated rings. The quantitative estimate of drug-likeness (QED) is 0.897. The van der Waals surface area contributed by atoms with Crippen LogP contribution in [0.2, 0.25) is 0 Å². The van der Waals surface area contributed by atoms with E-state index in [0.717, 1.165) is 15.7 Å². The van der Waals surface area contributed by atoms with Crippen LogP contribution in [-0.4, -0.2) is 50.9 Å². The van der Waals surface area contributed by atoms with E-state index in [1.807, 2.05) is 18.2 Å². The van der Waals surface area contributed by atoms with Gasteiger partial charge in [-0.2, -0.15) is 0 Å². The zero-order valence-electron chi connectivity index (χ0n) is 11.5. The first kappa shape index (κ1) is 14.1. The Hall–Kier alpha value is -2.83. The predicted octanol–water partition coefficient (Wildman–Crippen LogP) is 1.82. The van der Waals surface area contributed by atoms with E-state index in [4.69, 9.17) is 14.9 Å². The van der Waals surface area contributed by atoms with E-state index in [1.165, 1.54) is 0 Å². The lowest BCUT2D eigenvalue weighted by atomic mass is 10.1. The van der Waals surface area contributed by atoms with Crippen molar-refractivity contribution in [3.05, 3.63) is 36.7 Å². The first-order chi connectivity index (χ1) is 10.5. The standard InChI is InChI=1S/C15H14N2O5/c18-14(19)13-6-12(8-17(13)15(20)21)22-11-2-1-9-3-4-16-7-10(9)5-11/h1-5,7,12-13H,6,8H2,(H,18,19)(H,20,21)/t12-,13-/m0/s1. The Morgan fingerprint density at radius 2 is 2.05 bits per heavy atom. The van der Waals surface area contributed by atoms with Gasteiger partial charge in [0.25, 0.3) is 0 Å². The van der Waals surface area contributed by atoms with Crippen LogP contribution in [0.15, 0.2) is 36.7 Å². The summed E-state index contributed by atoms with van der Waals surface area (Å²) in [5, 5.41) is 20.1. The maximum absolute atomic E-state index is 11.1. The molecule has 1 aliphatic heterocycles. The molecule has 114 valence electrons. The van der Waals surface area contributed by atoms with Gasteiger partial charge in [-0.15, -0.1) is 0 Å². The lowest BCUT2D eigenvalue weighted by molar-refractivity contribution is -0.141. The highest BCUT2D eigenvalue weighted by atomic mass is 16.5. The Balaban J connectivity index is 1.77. The van der Waals surface area contributed by atoms with Crippen LogP contribution in [0, 0.1) is 0 Å². The van der Waals surface area contributed by atoms with Crippen LogP contribution in [0.1, 0.15) is 6.42 Å². The second kappa shape index (κ2) is 5.51. The number of nitrogens with zero attached hydrogens (tertiary/aromatic N) is 2. The monoisotopic (exact) mass is 302 g/mol. The lowest BCUT2D eigenvalue weighted by Gasteiger charge is -2.16. The van der Waals surface area contributed by atoms with Crippen LogP contribution in [0.3, 0.4) is 0 Å². The van der Waals surface area contributed by atoms with Gasteiger partial charge in [-0.05, 0) is 23.6 Å². The molecule has 1 aliphatic rings. The molecule has 0 bridgehead atoms. The maximum Gasteiger partial charge on any atom is 0.408 e. The molecule has 7 nitrogen and oxygen atoms in total. The number of hydrogen-bond donors (Lipinski definition) is 2. The molecule has 2 aromatic rings. The largest absolute Gasteiger partial charge is 0.488 e. The molecule has 0 radical (unpaired) electrons. The van der Waals surface area contributed by atoms with Crippen LogP contribution in [0.4, 0.5) is 4.79 Å². The number of carboxylic acid groups (broad SMARTS) is 2. The Bertz CT molecular complexity index is 711. The van der Waals surface area contributed by atoms with Crippen molar-refractivity contribution in [2.24, 2.45) is 0 Å². The first-order valence-corrected chi connectivity index (χ1v) is 6.77. The highest BCUT2D eigenvalue weighted by Crippen LogP contribution is 2.26. The molecule has 1 saturated heterocycles. The van der Waals surface area contributed by atoms with E-state index in [9.17, 15) is 9.59 Å². The number of fused-ring (bicyclic) bond motifs is 1. The summed E-state index contributed by atoms with van der Waals surface area (Å²) in [5.41, 5.74) is 0. The fourth-order valence-corrected chi connectivity index (χ4v) is 2.66. The zero-order chi connectivity index (χ0) is 15.7. The average molecular weight is 302 g/mol. The van der Waals surface area contributed by atoms with Gasteiger partial charge < -0.3 is 14.9 Å². The number of aromatic nitrogens is 1. The van der Waals surface area contributed by atoms with E-state index >= 15 is 0 Å². The number of benzene rings is 1. The number of rotatable bonds is 3. The molecule has 0 spiro atoms. The average Bonchev–Trinajstić information content (AvgIpc) is 2.91. The zero-order valence-corrected chi connectivity index (χ0v) is 11.5. The first-order valence-electron chi connectivity index (χ1n) is 6.77. The molecule has 2 atom stereocenters. The SMILES string of the molecule is O=C(O)[C@@H]1C[C@H](Oc2ccc3ccncc3c2)CN1C(=O)O.